The number of Topliss-reactive ketones (excluding diaryl/α,β-unsaturated/α-hetero) is 1. The molecular weight excluding hydrogens is 488 g/mol. The van der Waals surface area contributed by atoms with Crippen molar-refractivity contribution in [2.45, 2.75) is 85.5 Å². The number of carboxylic acid groups (broad SMARTS) is 1. The maximum Gasteiger partial charge on any atom is 0.333 e. The molecule has 0 aliphatic heterocycles. The number of amides is 2. The average Bonchev–Trinajstić information content (AvgIpc) is 2.85. The maximum absolute atomic E-state index is 13.2. The van der Waals surface area contributed by atoms with Crippen LogP contribution in [0.25, 0.3) is 0 Å². The first-order valence-electron chi connectivity index (χ1n) is 13.5. The van der Waals surface area contributed by atoms with Crippen molar-refractivity contribution in [1.29, 1.82) is 0 Å². The van der Waals surface area contributed by atoms with Crippen LogP contribution in [0.15, 0.2) is 30.3 Å². The van der Waals surface area contributed by atoms with Crippen LogP contribution in [0.3, 0.4) is 0 Å². The van der Waals surface area contributed by atoms with Crippen molar-refractivity contribution < 1.29 is 34.5 Å². The molecular formula is C29H46N2O7. The lowest BCUT2D eigenvalue weighted by Gasteiger charge is -2.31. The molecule has 0 aliphatic carbocycles. The van der Waals surface area contributed by atoms with E-state index in [9.17, 15) is 34.5 Å². The van der Waals surface area contributed by atoms with Gasteiger partial charge < -0.3 is 26.0 Å². The minimum absolute atomic E-state index is 0.0366. The van der Waals surface area contributed by atoms with Crippen molar-refractivity contribution >= 4 is 23.6 Å². The second-order valence-electron chi connectivity index (χ2n) is 11.0. The molecule has 9 nitrogen and oxygen atoms in total. The lowest BCUT2D eigenvalue weighted by molar-refractivity contribution is -0.157. The Kier molecular flexibility index (Phi) is 14.2. The largest absolute Gasteiger partial charge is 0.479 e. The van der Waals surface area contributed by atoms with Gasteiger partial charge in [0.15, 0.2) is 11.9 Å². The molecule has 0 saturated heterocycles. The quantitative estimate of drug-likeness (QED) is 0.193. The molecule has 2 amide bonds. The zero-order valence-electron chi connectivity index (χ0n) is 23.5. The Labute approximate surface area is 226 Å². The van der Waals surface area contributed by atoms with Crippen molar-refractivity contribution in [2.24, 2.45) is 29.6 Å². The number of carbonyl (C=O) groups excluding carboxylic acids is 3. The zero-order valence-corrected chi connectivity index (χ0v) is 23.5. The van der Waals surface area contributed by atoms with E-state index in [-0.39, 0.29) is 30.6 Å². The second-order valence-corrected chi connectivity index (χ2v) is 11.0. The van der Waals surface area contributed by atoms with Gasteiger partial charge in [0, 0.05) is 18.9 Å². The van der Waals surface area contributed by atoms with Crippen LogP contribution < -0.4 is 10.6 Å². The summed E-state index contributed by atoms with van der Waals surface area (Å²) in [4.78, 5) is 50.7. The summed E-state index contributed by atoms with van der Waals surface area (Å²) in [7, 11) is 0. The monoisotopic (exact) mass is 534 g/mol. The maximum atomic E-state index is 13.2. The molecule has 38 heavy (non-hydrogen) atoms. The molecule has 0 fully saturated rings. The summed E-state index contributed by atoms with van der Waals surface area (Å²) < 4.78 is 0. The number of hydrogen-bond donors (Lipinski definition) is 5. The summed E-state index contributed by atoms with van der Waals surface area (Å²) in [6, 6.07) is 7.68. The topological polar surface area (TPSA) is 153 Å². The van der Waals surface area contributed by atoms with Crippen LogP contribution in [0.2, 0.25) is 0 Å². The SMILES string of the molecule is CC[C@@H](C)CNC(=O)[C@@H](CC(O)[C@H](CC(C)C)NC(=O)C(C(=O)Cc1ccccc1)C(O)C(=O)O)C(C)C. The van der Waals surface area contributed by atoms with E-state index in [2.05, 4.69) is 10.6 Å². The molecule has 0 radical (unpaired) electrons. The summed E-state index contributed by atoms with van der Waals surface area (Å²) in [5, 5.41) is 36.4. The second kappa shape index (κ2) is 16.2. The smallest absolute Gasteiger partial charge is 0.333 e. The molecule has 0 spiro atoms. The number of ketones is 1. The minimum atomic E-state index is -2.24. The normalized spacial score (nSPS) is 16.3. The predicted octanol–water partition coefficient (Wildman–Crippen LogP) is 2.58. The third kappa shape index (κ3) is 10.9. The van der Waals surface area contributed by atoms with Crippen LogP contribution in [0.5, 0.6) is 0 Å². The number of rotatable bonds is 17. The summed E-state index contributed by atoms with van der Waals surface area (Å²) in [5.74, 6) is -5.67. The van der Waals surface area contributed by atoms with E-state index in [1.165, 1.54) is 0 Å². The van der Waals surface area contributed by atoms with Gasteiger partial charge in [0.2, 0.25) is 11.8 Å². The fraction of sp³-hybridized carbons (Fsp3) is 0.655. The number of aliphatic hydroxyl groups is 2. The molecule has 1 rings (SSSR count). The third-order valence-corrected chi connectivity index (χ3v) is 6.90. The Balaban J connectivity index is 3.11. The Bertz CT molecular complexity index is 903. The molecule has 1 aromatic carbocycles. The third-order valence-electron chi connectivity index (χ3n) is 6.90. The average molecular weight is 535 g/mol. The molecule has 0 aliphatic rings. The lowest BCUT2D eigenvalue weighted by Crippen LogP contribution is -2.53. The van der Waals surface area contributed by atoms with Crippen LogP contribution in [-0.2, 0) is 25.6 Å². The number of benzene rings is 1. The fourth-order valence-corrected chi connectivity index (χ4v) is 4.26. The van der Waals surface area contributed by atoms with Gasteiger partial charge in [0.05, 0.1) is 12.1 Å². The number of carbonyl (C=O) groups is 4. The fourth-order valence-electron chi connectivity index (χ4n) is 4.26. The molecule has 1 aromatic rings. The highest BCUT2D eigenvalue weighted by Crippen LogP contribution is 2.23. The first-order chi connectivity index (χ1) is 17.8. The minimum Gasteiger partial charge on any atom is -0.479 e. The summed E-state index contributed by atoms with van der Waals surface area (Å²) >= 11 is 0. The molecule has 9 heteroatoms. The van der Waals surface area contributed by atoms with Gasteiger partial charge in [-0.3, -0.25) is 14.4 Å². The summed E-state index contributed by atoms with van der Waals surface area (Å²) in [5.41, 5.74) is 0.579. The molecule has 0 heterocycles. The first kappa shape index (κ1) is 33.2. The van der Waals surface area contributed by atoms with Crippen molar-refractivity contribution in [3.05, 3.63) is 35.9 Å². The summed E-state index contributed by atoms with van der Waals surface area (Å²) in [6.07, 6.45) is -2.27. The van der Waals surface area contributed by atoms with Gasteiger partial charge in [-0.2, -0.15) is 0 Å². The highest BCUT2D eigenvalue weighted by Gasteiger charge is 2.40. The molecule has 0 aromatic heterocycles. The van der Waals surface area contributed by atoms with Gasteiger partial charge >= 0.3 is 5.97 Å². The number of aliphatic hydroxyl groups excluding tert-OH is 2. The van der Waals surface area contributed by atoms with Crippen molar-refractivity contribution in [2.75, 3.05) is 6.54 Å². The highest BCUT2D eigenvalue weighted by molar-refractivity contribution is 6.05. The molecule has 3 unspecified atom stereocenters. The molecule has 0 saturated carbocycles. The van der Waals surface area contributed by atoms with Gasteiger partial charge in [-0.05, 0) is 36.2 Å². The van der Waals surface area contributed by atoms with Crippen LogP contribution in [0, 0.1) is 29.6 Å². The molecule has 214 valence electrons. The molecule has 6 atom stereocenters. The lowest BCUT2D eigenvalue weighted by atomic mass is 9.85. The van der Waals surface area contributed by atoms with Crippen molar-refractivity contribution in [3.8, 4) is 0 Å². The standard InChI is InChI=1S/C29H46N2O7/c1-7-19(6)16-30-27(35)21(18(4)5)15-23(32)22(13-17(2)3)31-28(36)25(26(34)29(37)38)24(33)14-20-11-9-8-10-12-20/h8-12,17-19,21-23,25-26,32,34H,7,13-16H2,1-6H3,(H,30,35)(H,31,36)(H,37,38)/t19-,21+,22+,23?,25?,26?/m1/s1. The van der Waals surface area contributed by atoms with Crippen LogP contribution in [0.1, 0.15) is 66.4 Å². The first-order valence-corrected chi connectivity index (χ1v) is 13.5. The highest BCUT2D eigenvalue weighted by atomic mass is 16.4. The Morgan fingerprint density at radius 3 is 2.00 bits per heavy atom. The summed E-state index contributed by atoms with van der Waals surface area (Å²) in [6.45, 7) is 12.2. The number of hydrogen-bond acceptors (Lipinski definition) is 6. The van der Waals surface area contributed by atoms with E-state index in [1.807, 2.05) is 41.5 Å². The molecule has 0 bridgehead atoms. The van der Waals surface area contributed by atoms with Crippen LogP contribution >= 0.6 is 0 Å². The van der Waals surface area contributed by atoms with Crippen LogP contribution in [-0.4, -0.2) is 63.7 Å². The van der Waals surface area contributed by atoms with Gasteiger partial charge in [0.1, 0.15) is 5.92 Å². The number of carboxylic acids is 1. The predicted molar refractivity (Wildman–Crippen MR) is 145 cm³/mol. The van der Waals surface area contributed by atoms with Gasteiger partial charge in [-0.1, -0.05) is 78.3 Å². The van der Waals surface area contributed by atoms with Gasteiger partial charge in [0.25, 0.3) is 0 Å². The Hall–Kier alpha value is -2.78. The van der Waals surface area contributed by atoms with Crippen molar-refractivity contribution in [1.82, 2.24) is 10.6 Å². The molecule has 5 N–H and O–H groups in total. The van der Waals surface area contributed by atoms with E-state index in [0.717, 1.165) is 6.42 Å². The van der Waals surface area contributed by atoms with Crippen LogP contribution in [0.4, 0.5) is 0 Å². The van der Waals surface area contributed by atoms with E-state index >= 15 is 0 Å². The van der Waals surface area contributed by atoms with E-state index in [1.54, 1.807) is 30.3 Å². The van der Waals surface area contributed by atoms with Crippen molar-refractivity contribution in [3.63, 3.8) is 0 Å². The zero-order chi connectivity index (χ0) is 29.0. The van der Waals surface area contributed by atoms with E-state index < -0.39 is 47.7 Å². The number of aliphatic carboxylic acids is 1. The van der Waals surface area contributed by atoms with Gasteiger partial charge in [-0.25, -0.2) is 4.79 Å². The Morgan fingerprint density at radius 1 is 0.895 bits per heavy atom. The number of nitrogens with one attached hydrogen (secondary N) is 2. The van der Waals surface area contributed by atoms with Gasteiger partial charge in [-0.15, -0.1) is 0 Å². The Morgan fingerprint density at radius 2 is 1.50 bits per heavy atom. The van der Waals surface area contributed by atoms with E-state index in [0.29, 0.717) is 24.4 Å². The van der Waals surface area contributed by atoms with E-state index in [4.69, 9.17) is 0 Å².